The number of hydrogen-bond acceptors (Lipinski definition) is 7. The Kier molecular flexibility index (Phi) is 7.69. The number of rotatable bonds is 9. The van der Waals surface area contributed by atoms with E-state index in [1.54, 1.807) is 35.5 Å². The lowest BCUT2D eigenvalue weighted by atomic mass is 9.90. The van der Waals surface area contributed by atoms with Crippen molar-refractivity contribution in [2.45, 2.75) is 18.9 Å². The molecule has 8 heteroatoms. The van der Waals surface area contributed by atoms with E-state index >= 15 is 0 Å². The topological polar surface area (TPSA) is 86.7 Å². The SMILES string of the molecule is COc1cccc(C(c2ccc(OC)c(OC)c2OC)N2CCCC(C(=O)O)C2)c1OC. The third-order valence-corrected chi connectivity index (χ3v) is 5.92. The minimum absolute atomic E-state index is 0.350. The van der Waals surface area contributed by atoms with E-state index in [2.05, 4.69) is 4.90 Å². The molecule has 0 spiro atoms. The summed E-state index contributed by atoms with van der Waals surface area (Å²) in [4.78, 5) is 13.9. The Balaban J connectivity index is 2.24. The fraction of sp³-hybridized carbons (Fsp3) is 0.458. The molecule has 1 fully saturated rings. The van der Waals surface area contributed by atoms with E-state index in [0.717, 1.165) is 24.1 Å². The highest BCUT2D eigenvalue weighted by molar-refractivity contribution is 5.70. The highest BCUT2D eigenvalue weighted by atomic mass is 16.5. The van der Waals surface area contributed by atoms with Gasteiger partial charge in [-0.05, 0) is 37.6 Å². The van der Waals surface area contributed by atoms with E-state index in [9.17, 15) is 9.90 Å². The van der Waals surface area contributed by atoms with Crippen molar-refractivity contribution in [1.29, 1.82) is 0 Å². The number of carboxylic acid groups (broad SMARTS) is 1. The molecule has 1 N–H and O–H groups in total. The second-order valence-electron chi connectivity index (χ2n) is 7.58. The Labute approximate surface area is 188 Å². The Morgan fingerprint density at radius 3 is 2.09 bits per heavy atom. The van der Waals surface area contributed by atoms with Crippen LogP contribution in [0.1, 0.15) is 30.0 Å². The number of aliphatic carboxylic acids is 1. The fourth-order valence-electron chi connectivity index (χ4n) is 4.47. The van der Waals surface area contributed by atoms with Crippen LogP contribution in [0.4, 0.5) is 0 Å². The third-order valence-electron chi connectivity index (χ3n) is 5.92. The second kappa shape index (κ2) is 10.5. The van der Waals surface area contributed by atoms with Gasteiger partial charge in [-0.2, -0.15) is 0 Å². The van der Waals surface area contributed by atoms with Gasteiger partial charge in [0.25, 0.3) is 0 Å². The molecule has 0 bridgehead atoms. The van der Waals surface area contributed by atoms with E-state index in [0.29, 0.717) is 41.7 Å². The van der Waals surface area contributed by atoms with Crippen LogP contribution >= 0.6 is 0 Å². The Bertz CT molecular complexity index is 946. The predicted octanol–water partition coefficient (Wildman–Crippen LogP) is 3.62. The first-order chi connectivity index (χ1) is 15.5. The fourth-order valence-corrected chi connectivity index (χ4v) is 4.47. The summed E-state index contributed by atoms with van der Waals surface area (Å²) in [6.07, 6.45) is 1.42. The number of hydrogen-bond donors (Lipinski definition) is 1. The van der Waals surface area contributed by atoms with Crippen LogP contribution in [0.5, 0.6) is 28.7 Å². The molecule has 0 saturated carbocycles. The molecule has 1 heterocycles. The quantitative estimate of drug-likeness (QED) is 0.626. The molecule has 1 aliphatic heterocycles. The molecule has 0 amide bonds. The molecule has 2 unspecified atom stereocenters. The maximum Gasteiger partial charge on any atom is 0.307 e. The molecule has 2 aromatic carbocycles. The van der Waals surface area contributed by atoms with Crippen molar-refractivity contribution in [2.24, 2.45) is 5.92 Å². The maximum atomic E-state index is 11.8. The van der Waals surface area contributed by atoms with E-state index < -0.39 is 11.9 Å². The van der Waals surface area contributed by atoms with Gasteiger partial charge in [0.2, 0.25) is 5.75 Å². The van der Waals surface area contributed by atoms with Crippen LogP contribution in [0.2, 0.25) is 0 Å². The molecule has 1 saturated heterocycles. The van der Waals surface area contributed by atoms with E-state index in [1.165, 1.54) is 0 Å². The van der Waals surface area contributed by atoms with Gasteiger partial charge in [-0.1, -0.05) is 12.1 Å². The van der Waals surface area contributed by atoms with Gasteiger partial charge in [-0.15, -0.1) is 0 Å². The zero-order valence-electron chi connectivity index (χ0n) is 19.2. The molecular formula is C24H31NO7. The molecule has 32 heavy (non-hydrogen) atoms. The first-order valence-electron chi connectivity index (χ1n) is 10.5. The zero-order valence-corrected chi connectivity index (χ0v) is 19.2. The molecule has 3 rings (SSSR count). The van der Waals surface area contributed by atoms with Gasteiger partial charge in [0.15, 0.2) is 23.0 Å². The molecule has 8 nitrogen and oxygen atoms in total. The average Bonchev–Trinajstić information content (AvgIpc) is 2.83. The van der Waals surface area contributed by atoms with Crippen molar-refractivity contribution in [1.82, 2.24) is 4.90 Å². The number of nitrogens with zero attached hydrogens (tertiary/aromatic N) is 1. The van der Waals surface area contributed by atoms with Crippen LogP contribution in [-0.4, -0.2) is 64.6 Å². The predicted molar refractivity (Wildman–Crippen MR) is 119 cm³/mol. The van der Waals surface area contributed by atoms with Crippen LogP contribution in [0.3, 0.4) is 0 Å². The number of ether oxygens (including phenoxy) is 5. The highest BCUT2D eigenvalue weighted by Crippen LogP contribution is 2.48. The van der Waals surface area contributed by atoms with Gasteiger partial charge in [0, 0.05) is 17.7 Å². The lowest BCUT2D eigenvalue weighted by molar-refractivity contribution is -0.143. The summed E-state index contributed by atoms with van der Waals surface area (Å²) >= 11 is 0. The largest absolute Gasteiger partial charge is 0.493 e. The van der Waals surface area contributed by atoms with Crippen molar-refractivity contribution < 1.29 is 33.6 Å². The van der Waals surface area contributed by atoms with Gasteiger partial charge in [-0.25, -0.2) is 0 Å². The summed E-state index contributed by atoms with van der Waals surface area (Å²) < 4.78 is 28.1. The zero-order chi connectivity index (χ0) is 23.3. The van der Waals surface area contributed by atoms with Crippen LogP contribution < -0.4 is 23.7 Å². The molecule has 2 atom stereocenters. The first kappa shape index (κ1) is 23.5. The number of carboxylic acids is 1. The number of carbonyl (C=O) groups is 1. The number of benzene rings is 2. The van der Waals surface area contributed by atoms with Crippen LogP contribution in [-0.2, 0) is 4.79 Å². The second-order valence-corrected chi connectivity index (χ2v) is 7.58. The monoisotopic (exact) mass is 445 g/mol. The standard InChI is InChI=1S/C24H31NO7/c1-28-18-10-6-9-16(21(18)30-3)20(25-13-7-8-15(14-25)24(26)27)17-11-12-19(29-2)23(32-5)22(17)31-4/h6,9-12,15,20H,7-8,13-14H2,1-5H3,(H,26,27). The van der Waals surface area contributed by atoms with Gasteiger partial charge in [0.05, 0.1) is 47.5 Å². The van der Waals surface area contributed by atoms with E-state index in [-0.39, 0.29) is 6.04 Å². The van der Waals surface area contributed by atoms with Crippen LogP contribution in [0.25, 0.3) is 0 Å². The van der Waals surface area contributed by atoms with Gasteiger partial charge < -0.3 is 28.8 Å². The Morgan fingerprint density at radius 1 is 0.875 bits per heavy atom. The highest BCUT2D eigenvalue weighted by Gasteiger charge is 2.35. The van der Waals surface area contributed by atoms with Gasteiger partial charge >= 0.3 is 5.97 Å². The summed E-state index contributed by atoms with van der Waals surface area (Å²) in [5, 5.41) is 9.68. The van der Waals surface area contributed by atoms with Crippen molar-refractivity contribution in [3.8, 4) is 28.7 Å². The maximum absolute atomic E-state index is 11.8. The van der Waals surface area contributed by atoms with Gasteiger partial charge in [-0.3, -0.25) is 9.69 Å². The summed E-state index contributed by atoms with van der Waals surface area (Å²) in [5.74, 6) is 1.51. The smallest absolute Gasteiger partial charge is 0.307 e. The lowest BCUT2D eigenvalue weighted by Gasteiger charge is -2.38. The Morgan fingerprint density at radius 2 is 1.50 bits per heavy atom. The van der Waals surface area contributed by atoms with Crippen molar-refractivity contribution >= 4 is 5.97 Å². The molecule has 0 aromatic heterocycles. The normalized spacial score (nSPS) is 17.3. The molecule has 2 aromatic rings. The van der Waals surface area contributed by atoms with Crippen molar-refractivity contribution in [3.63, 3.8) is 0 Å². The molecular weight excluding hydrogens is 414 g/mol. The number of methoxy groups -OCH3 is 5. The summed E-state index contributed by atoms with van der Waals surface area (Å²) in [6.45, 7) is 1.13. The molecule has 1 aliphatic rings. The van der Waals surface area contributed by atoms with Crippen molar-refractivity contribution in [2.75, 3.05) is 48.6 Å². The number of para-hydroxylation sites is 1. The van der Waals surface area contributed by atoms with Gasteiger partial charge in [0.1, 0.15) is 0 Å². The Hall–Kier alpha value is -3.13. The summed E-state index contributed by atoms with van der Waals surface area (Å²) in [5.41, 5.74) is 1.67. The van der Waals surface area contributed by atoms with E-state index in [1.807, 2.05) is 30.3 Å². The summed E-state index contributed by atoms with van der Waals surface area (Å²) in [6, 6.07) is 9.10. The molecule has 174 valence electrons. The van der Waals surface area contributed by atoms with E-state index in [4.69, 9.17) is 23.7 Å². The molecule has 0 aliphatic carbocycles. The summed E-state index contributed by atoms with van der Waals surface area (Å²) in [7, 11) is 7.90. The average molecular weight is 446 g/mol. The third kappa shape index (κ3) is 4.41. The minimum atomic E-state index is -0.787. The van der Waals surface area contributed by atoms with Crippen molar-refractivity contribution in [3.05, 3.63) is 41.5 Å². The molecule has 0 radical (unpaired) electrons. The minimum Gasteiger partial charge on any atom is -0.493 e. The first-order valence-corrected chi connectivity index (χ1v) is 10.5. The van der Waals surface area contributed by atoms with Crippen LogP contribution in [0, 0.1) is 5.92 Å². The number of piperidine rings is 1. The lowest BCUT2D eigenvalue weighted by Crippen LogP contribution is -2.41. The van der Waals surface area contributed by atoms with Crippen LogP contribution in [0.15, 0.2) is 30.3 Å². The number of likely N-dealkylation sites (tertiary alicyclic amines) is 1.